The zero-order valence-electron chi connectivity index (χ0n) is 12.9. The average molecular weight is 361 g/mol. The summed E-state index contributed by atoms with van der Waals surface area (Å²) in [6.07, 6.45) is 3.04. The van der Waals surface area contributed by atoms with E-state index >= 15 is 0 Å². The van der Waals surface area contributed by atoms with E-state index < -0.39 is 4.92 Å². The fraction of sp³-hybridized carbons (Fsp3) is 0.118. The molecule has 0 bridgehead atoms. The fourth-order valence-corrected chi connectivity index (χ4v) is 2.60. The Morgan fingerprint density at radius 2 is 1.68 bits per heavy atom. The number of nitro benzene ring substituents is 1. The van der Waals surface area contributed by atoms with Gasteiger partial charge in [-0.15, -0.1) is 0 Å². The Hall–Kier alpha value is -3.06. The normalized spacial score (nSPS) is 10.6. The SMILES string of the molecule is O=C(c1ccc([N+](=O)[O-])cc1Cl)N(Cc1ccco1)Cc1ccco1. The van der Waals surface area contributed by atoms with E-state index in [-0.39, 0.29) is 35.3 Å². The number of halogens is 1. The zero-order valence-corrected chi connectivity index (χ0v) is 13.7. The van der Waals surface area contributed by atoms with Crippen LogP contribution in [-0.2, 0) is 13.1 Å². The first kappa shape index (κ1) is 16.8. The molecule has 2 heterocycles. The van der Waals surface area contributed by atoms with Crippen LogP contribution in [0.5, 0.6) is 0 Å². The van der Waals surface area contributed by atoms with Gasteiger partial charge in [-0.05, 0) is 30.3 Å². The van der Waals surface area contributed by atoms with Crippen molar-refractivity contribution >= 4 is 23.2 Å². The lowest BCUT2D eigenvalue weighted by Crippen LogP contribution is -2.30. The molecule has 3 aromatic rings. The Bertz CT molecular complexity index is 838. The van der Waals surface area contributed by atoms with Crippen LogP contribution < -0.4 is 0 Å². The summed E-state index contributed by atoms with van der Waals surface area (Å²) in [5.41, 5.74) is -0.00412. The zero-order chi connectivity index (χ0) is 17.8. The summed E-state index contributed by atoms with van der Waals surface area (Å²) >= 11 is 6.08. The molecule has 0 unspecified atom stereocenters. The number of benzene rings is 1. The highest BCUT2D eigenvalue weighted by Crippen LogP contribution is 2.25. The Labute approximate surface area is 147 Å². The molecule has 0 radical (unpaired) electrons. The molecule has 25 heavy (non-hydrogen) atoms. The predicted molar refractivity (Wildman–Crippen MR) is 89.1 cm³/mol. The molecule has 2 aromatic heterocycles. The van der Waals surface area contributed by atoms with Crippen LogP contribution in [0.25, 0.3) is 0 Å². The first-order valence-corrected chi connectivity index (χ1v) is 7.70. The van der Waals surface area contributed by atoms with Crippen LogP contribution >= 0.6 is 11.6 Å². The summed E-state index contributed by atoms with van der Waals surface area (Å²) in [6.45, 7) is 0.416. The minimum absolute atomic E-state index is 0.0167. The second-order valence-electron chi connectivity index (χ2n) is 5.24. The first-order chi connectivity index (χ1) is 12.0. The van der Waals surface area contributed by atoms with Gasteiger partial charge in [0.2, 0.25) is 0 Å². The van der Waals surface area contributed by atoms with Crippen molar-refractivity contribution in [3.05, 3.63) is 87.2 Å². The van der Waals surface area contributed by atoms with E-state index in [0.29, 0.717) is 11.5 Å². The van der Waals surface area contributed by atoms with Crippen molar-refractivity contribution in [2.24, 2.45) is 0 Å². The Morgan fingerprint density at radius 3 is 2.12 bits per heavy atom. The summed E-state index contributed by atoms with van der Waals surface area (Å²) in [5.74, 6) is 0.809. The van der Waals surface area contributed by atoms with E-state index in [2.05, 4.69) is 0 Å². The van der Waals surface area contributed by atoms with Crippen LogP contribution in [0.3, 0.4) is 0 Å². The van der Waals surface area contributed by atoms with Crippen LogP contribution in [-0.4, -0.2) is 15.7 Å². The molecule has 0 aliphatic carbocycles. The molecular formula is C17H13ClN2O5. The molecule has 0 atom stereocenters. The van der Waals surface area contributed by atoms with Gasteiger partial charge >= 0.3 is 0 Å². The number of hydrogen-bond donors (Lipinski definition) is 0. The van der Waals surface area contributed by atoms with Crippen LogP contribution in [0, 0.1) is 10.1 Å². The predicted octanol–water partition coefficient (Wildman–Crippen LogP) is 4.28. The molecule has 0 saturated carbocycles. The molecule has 8 heteroatoms. The highest BCUT2D eigenvalue weighted by Gasteiger charge is 2.22. The van der Waals surface area contributed by atoms with Gasteiger partial charge in [0.15, 0.2) is 0 Å². The molecule has 128 valence electrons. The number of furan rings is 2. The molecule has 3 rings (SSSR count). The largest absolute Gasteiger partial charge is 0.467 e. The molecule has 0 aliphatic rings. The number of amides is 1. The Morgan fingerprint density at radius 1 is 1.08 bits per heavy atom. The van der Waals surface area contributed by atoms with Gasteiger partial charge in [0.1, 0.15) is 11.5 Å². The van der Waals surface area contributed by atoms with E-state index in [0.717, 1.165) is 6.07 Å². The lowest BCUT2D eigenvalue weighted by atomic mass is 10.1. The summed E-state index contributed by atoms with van der Waals surface area (Å²) in [6, 6.07) is 10.7. The van der Waals surface area contributed by atoms with Crippen molar-refractivity contribution < 1.29 is 18.6 Å². The number of non-ortho nitro benzene ring substituents is 1. The average Bonchev–Trinajstić information content (AvgIpc) is 3.27. The highest BCUT2D eigenvalue weighted by atomic mass is 35.5. The monoisotopic (exact) mass is 360 g/mol. The number of carbonyl (C=O) groups is 1. The van der Waals surface area contributed by atoms with Crippen molar-refractivity contribution in [3.63, 3.8) is 0 Å². The van der Waals surface area contributed by atoms with Crippen LogP contribution in [0.1, 0.15) is 21.9 Å². The maximum absolute atomic E-state index is 12.9. The Kier molecular flexibility index (Phi) is 4.85. The number of nitro groups is 1. The molecule has 0 saturated heterocycles. The molecule has 0 aliphatic heterocycles. The Balaban J connectivity index is 1.89. The van der Waals surface area contributed by atoms with Gasteiger partial charge in [0.05, 0.1) is 41.1 Å². The molecule has 1 amide bonds. The second-order valence-corrected chi connectivity index (χ2v) is 5.65. The minimum atomic E-state index is -0.566. The number of rotatable bonds is 6. The summed E-state index contributed by atoms with van der Waals surface area (Å²) in [4.78, 5) is 24.6. The van der Waals surface area contributed by atoms with E-state index in [1.807, 2.05) is 0 Å². The smallest absolute Gasteiger partial charge is 0.270 e. The minimum Gasteiger partial charge on any atom is -0.467 e. The van der Waals surface area contributed by atoms with Gasteiger partial charge in [0.25, 0.3) is 11.6 Å². The molecule has 0 spiro atoms. The van der Waals surface area contributed by atoms with Crippen molar-refractivity contribution in [1.29, 1.82) is 0 Å². The maximum Gasteiger partial charge on any atom is 0.270 e. The standard InChI is InChI=1S/C17H13ClN2O5/c18-16-9-12(20(22)23)5-6-15(16)17(21)19(10-13-3-1-7-24-13)11-14-4-2-8-25-14/h1-9H,10-11H2. The lowest BCUT2D eigenvalue weighted by molar-refractivity contribution is -0.384. The van der Waals surface area contributed by atoms with Gasteiger partial charge in [0, 0.05) is 12.1 Å². The van der Waals surface area contributed by atoms with Gasteiger partial charge in [-0.1, -0.05) is 11.6 Å². The highest BCUT2D eigenvalue weighted by molar-refractivity contribution is 6.34. The molecule has 1 aromatic carbocycles. The van der Waals surface area contributed by atoms with Crippen molar-refractivity contribution in [3.8, 4) is 0 Å². The summed E-state index contributed by atoms with van der Waals surface area (Å²) in [7, 11) is 0. The van der Waals surface area contributed by atoms with Gasteiger partial charge in [-0.25, -0.2) is 0 Å². The van der Waals surface area contributed by atoms with E-state index in [9.17, 15) is 14.9 Å². The number of hydrogen-bond acceptors (Lipinski definition) is 5. The van der Waals surface area contributed by atoms with Gasteiger partial charge in [-0.3, -0.25) is 14.9 Å². The van der Waals surface area contributed by atoms with Gasteiger partial charge < -0.3 is 13.7 Å². The van der Waals surface area contributed by atoms with Crippen LogP contribution in [0.2, 0.25) is 5.02 Å². The number of nitrogens with zero attached hydrogens (tertiary/aromatic N) is 2. The third-order valence-electron chi connectivity index (χ3n) is 3.53. The third-order valence-corrected chi connectivity index (χ3v) is 3.85. The summed E-state index contributed by atoms with van der Waals surface area (Å²) < 4.78 is 10.6. The van der Waals surface area contributed by atoms with Crippen LogP contribution in [0.15, 0.2) is 63.8 Å². The molecule has 7 nitrogen and oxygen atoms in total. The van der Waals surface area contributed by atoms with Gasteiger partial charge in [-0.2, -0.15) is 0 Å². The third kappa shape index (κ3) is 3.89. The topological polar surface area (TPSA) is 89.7 Å². The maximum atomic E-state index is 12.9. The number of carbonyl (C=O) groups excluding carboxylic acids is 1. The van der Waals surface area contributed by atoms with E-state index in [1.165, 1.54) is 29.6 Å². The van der Waals surface area contributed by atoms with Crippen molar-refractivity contribution in [2.45, 2.75) is 13.1 Å². The van der Waals surface area contributed by atoms with Crippen molar-refractivity contribution in [1.82, 2.24) is 4.90 Å². The second kappa shape index (κ2) is 7.23. The van der Waals surface area contributed by atoms with E-state index in [1.54, 1.807) is 24.3 Å². The molecule has 0 N–H and O–H groups in total. The van der Waals surface area contributed by atoms with E-state index in [4.69, 9.17) is 20.4 Å². The quantitative estimate of drug-likeness (QED) is 0.483. The molecular weight excluding hydrogens is 348 g/mol. The van der Waals surface area contributed by atoms with Crippen molar-refractivity contribution in [2.75, 3.05) is 0 Å². The fourth-order valence-electron chi connectivity index (χ4n) is 2.34. The first-order valence-electron chi connectivity index (χ1n) is 7.32. The molecule has 0 fully saturated rings. The van der Waals surface area contributed by atoms with Crippen LogP contribution in [0.4, 0.5) is 5.69 Å². The summed E-state index contributed by atoms with van der Waals surface area (Å²) in [5, 5.41) is 10.8. The lowest BCUT2D eigenvalue weighted by Gasteiger charge is -2.21.